The molecule has 0 saturated heterocycles. The summed E-state index contributed by atoms with van der Waals surface area (Å²) < 4.78 is 0. The Kier molecular flexibility index (Phi) is 6.79. The number of benzene rings is 1. The second-order valence-electron chi connectivity index (χ2n) is 6.30. The highest BCUT2D eigenvalue weighted by Gasteiger charge is 2.23. The fraction of sp³-hybridized carbons (Fsp3) is 0.556. The lowest BCUT2D eigenvalue weighted by Gasteiger charge is -2.29. The molecule has 0 aliphatic heterocycles. The second-order valence-corrected chi connectivity index (χ2v) is 7.37. The molecule has 3 unspecified atom stereocenters. The van der Waals surface area contributed by atoms with Gasteiger partial charge in [0, 0.05) is 16.7 Å². The van der Waals surface area contributed by atoms with Crippen LogP contribution in [0.1, 0.15) is 39.5 Å². The van der Waals surface area contributed by atoms with Gasteiger partial charge >= 0.3 is 6.03 Å². The van der Waals surface area contributed by atoms with Gasteiger partial charge in [-0.05, 0) is 37.8 Å². The van der Waals surface area contributed by atoms with Crippen LogP contribution in [0, 0.1) is 23.2 Å². The van der Waals surface area contributed by atoms with E-state index >= 15 is 0 Å². The van der Waals surface area contributed by atoms with Crippen LogP contribution in [0.5, 0.6) is 0 Å². The number of hydrogen-bond acceptors (Lipinski definition) is 3. The van der Waals surface area contributed by atoms with Crippen molar-refractivity contribution in [2.24, 2.45) is 11.8 Å². The predicted molar refractivity (Wildman–Crippen MR) is 95.5 cm³/mol. The van der Waals surface area contributed by atoms with E-state index in [1.165, 1.54) is 19.3 Å². The fourth-order valence-corrected chi connectivity index (χ4v) is 3.76. The number of nitrogens with one attached hydrogen (secondary N) is 2. The molecule has 0 bridgehead atoms. The predicted octanol–water partition coefficient (Wildman–Crippen LogP) is 4.64. The van der Waals surface area contributed by atoms with Crippen molar-refractivity contribution in [3.8, 4) is 6.07 Å². The van der Waals surface area contributed by atoms with E-state index < -0.39 is 0 Å². The van der Waals surface area contributed by atoms with Gasteiger partial charge in [0.1, 0.15) is 0 Å². The molecule has 0 aromatic heterocycles. The van der Waals surface area contributed by atoms with E-state index in [0.717, 1.165) is 22.8 Å². The maximum atomic E-state index is 12.3. The summed E-state index contributed by atoms with van der Waals surface area (Å²) in [5.41, 5.74) is 0.809. The van der Waals surface area contributed by atoms with Gasteiger partial charge < -0.3 is 10.6 Å². The minimum Gasteiger partial charge on any atom is -0.335 e. The monoisotopic (exact) mass is 331 g/mol. The lowest BCUT2D eigenvalue weighted by atomic mass is 9.86. The van der Waals surface area contributed by atoms with E-state index in [4.69, 9.17) is 5.26 Å². The molecule has 2 N–H and O–H groups in total. The Morgan fingerprint density at radius 3 is 2.87 bits per heavy atom. The van der Waals surface area contributed by atoms with Gasteiger partial charge in [-0.3, -0.25) is 0 Å². The molecule has 1 fully saturated rings. The molecule has 4 nitrogen and oxygen atoms in total. The zero-order chi connectivity index (χ0) is 16.7. The Balaban J connectivity index is 1.93. The number of carbonyl (C=O) groups excluding carboxylic acids is 1. The van der Waals surface area contributed by atoms with Crippen LogP contribution in [0.4, 0.5) is 10.5 Å². The van der Waals surface area contributed by atoms with Gasteiger partial charge in [-0.2, -0.15) is 5.26 Å². The molecule has 1 aromatic rings. The minimum atomic E-state index is -0.134. The van der Waals surface area contributed by atoms with Gasteiger partial charge in [0.25, 0.3) is 0 Å². The third kappa shape index (κ3) is 5.47. The van der Waals surface area contributed by atoms with Crippen LogP contribution in [-0.4, -0.2) is 17.8 Å². The number of nitriles is 1. The standard InChI is InChI=1S/C18H25N3OS/c1-13(11-19)12-23-17-10-6-5-9-16(17)21-18(22)20-15-8-4-3-7-14(15)2/h5-6,9-10,13-15H,3-4,7-8,12H2,1-2H3,(H2,20,21,22). The quantitative estimate of drug-likeness (QED) is 0.773. The number of rotatable bonds is 5. The molecule has 1 aliphatic carbocycles. The van der Waals surface area contributed by atoms with Crippen LogP contribution in [0.3, 0.4) is 0 Å². The molecule has 2 amide bonds. The molecule has 0 heterocycles. The normalized spacial score (nSPS) is 22.0. The highest BCUT2D eigenvalue weighted by molar-refractivity contribution is 7.99. The second kappa shape index (κ2) is 8.83. The maximum absolute atomic E-state index is 12.3. The first-order valence-corrected chi connectivity index (χ1v) is 9.27. The molecule has 1 aliphatic rings. The number of nitrogens with zero attached hydrogens (tertiary/aromatic N) is 1. The van der Waals surface area contributed by atoms with E-state index in [2.05, 4.69) is 23.6 Å². The van der Waals surface area contributed by atoms with Crippen molar-refractivity contribution >= 4 is 23.5 Å². The van der Waals surface area contributed by atoms with Crippen molar-refractivity contribution in [3.63, 3.8) is 0 Å². The smallest absolute Gasteiger partial charge is 0.319 e. The maximum Gasteiger partial charge on any atom is 0.319 e. The zero-order valence-corrected chi connectivity index (χ0v) is 14.7. The summed E-state index contributed by atoms with van der Waals surface area (Å²) in [5, 5.41) is 15.0. The number of hydrogen-bond donors (Lipinski definition) is 2. The largest absolute Gasteiger partial charge is 0.335 e. The molecular weight excluding hydrogens is 306 g/mol. The van der Waals surface area contributed by atoms with Crippen LogP contribution in [-0.2, 0) is 0 Å². The SMILES string of the molecule is CC(C#N)CSc1ccccc1NC(=O)NC1CCCCC1C. The average molecular weight is 331 g/mol. The summed E-state index contributed by atoms with van der Waals surface area (Å²) >= 11 is 1.60. The van der Waals surface area contributed by atoms with Crippen molar-refractivity contribution in [1.29, 1.82) is 5.26 Å². The molecule has 124 valence electrons. The lowest BCUT2D eigenvalue weighted by Crippen LogP contribution is -2.43. The van der Waals surface area contributed by atoms with Crippen molar-refractivity contribution < 1.29 is 4.79 Å². The van der Waals surface area contributed by atoms with Crippen LogP contribution < -0.4 is 10.6 Å². The Morgan fingerprint density at radius 1 is 1.39 bits per heavy atom. The first-order valence-electron chi connectivity index (χ1n) is 8.29. The first-order chi connectivity index (χ1) is 11.1. The summed E-state index contributed by atoms with van der Waals surface area (Å²) in [6.45, 7) is 4.11. The Bertz CT molecular complexity index is 570. The molecule has 0 radical (unpaired) electrons. The van der Waals surface area contributed by atoms with E-state index in [1.807, 2.05) is 31.2 Å². The van der Waals surface area contributed by atoms with Crippen LogP contribution in [0.15, 0.2) is 29.2 Å². The summed E-state index contributed by atoms with van der Waals surface area (Å²) in [6.07, 6.45) is 4.69. The van der Waals surface area contributed by atoms with E-state index in [0.29, 0.717) is 5.92 Å². The van der Waals surface area contributed by atoms with Gasteiger partial charge in [-0.1, -0.05) is 31.9 Å². The summed E-state index contributed by atoms with van der Waals surface area (Å²) in [5.74, 6) is 1.25. The van der Waals surface area contributed by atoms with Crippen LogP contribution in [0.2, 0.25) is 0 Å². The van der Waals surface area contributed by atoms with Gasteiger partial charge in [-0.25, -0.2) is 4.79 Å². The lowest BCUT2D eigenvalue weighted by molar-refractivity contribution is 0.232. The summed E-state index contributed by atoms with van der Waals surface area (Å²) in [7, 11) is 0. The zero-order valence-electron chi connectivity index (χ0n) is 13.8. The van der Waals surface area contributed by atoms with E-state index in [-0.39, 0.29) is 18.0 Å². The Labute approximate surface area is 143 Å². The highest BCUT2D eigenvalue weighted by atomic mass is 32.2. The Hall–Kier alpha value is -1.67. The van der Waals surface area contributed by atoms with Gasteiger partial charge in [-0.15, -0.1) is 11.8 Å². The molecular formula is C18H25N3OS. The third-order valence-corrected chi connectivity index (χ3v) is 5.61. The number of para-hydroxylation sites is 1. The van der Waals surface area contributed by atoms with Crippen molar-refractivity contribution in [2.45, 2.75) is 50.5 Å². The number of carbonyl (C=O) groups is 1. The summed E-state index contributed by atoms with van der Waals surface area (Å²) in [4.78, 5) is 13.3. The number of thioether (sulfide) groups is 1. The van der Waals surface area contributed by atoms with Crippen LogP contribution >= 0.6 is 11.8 Å². The van der Waals surface area contributed by atoms with E-state index in [9.17, 15) is 4.79 Å². The third-order valence-electron chi connectivity index (χ3n) is 4.27. The molecule has 3 atom stereocenters. The number of anilines is 1. The fourth-order valence-electron chi connectivity index (χ4n) is 2.81. The van der Waals surface area contributed by atoms with Gasteiger partial charge in [0.05, 0.1) is 17.7 Å². The molecule has 1 aromatic carbocycles. The molecule has 0 spiro atoms. The van der Waals surface area contributed by atoms with Gasteiger partial charge in [0.15, 0.2) is 0 Å². The summed E-state index contributed by atoms with van der Waals surface area (Å²) in [6, 6.07) is 10.1. The highest BCUT2D eigenvalue weighted by Crippen LogP contribution is 2.29. The first kappa shape index (κ1) is 17.7. The average Bonchev–Trinajstić information content (AvgIpc) is 2.56. The topological polar surface area (TPSA) is 64.9 Å². The van der Waals surface area contributed by atoms with Crippen molar-refractivity contribution in [2.75, 3.05) is 11.1 Å². The van der Waals surface area contributed by atoms with Crippen molar-refractivity contribution in [3.05, 3.63) is 24.3 Å². The minimum absolute atomic E-state index is 0.00929. The van der Waals surface area contributed by atoms with E-state index in [1.54, 1.807) is 11.8 Å². The van der Waals surface area contributed by atoms with Gasteiger partial charge in [0.2, 0.25) is 0 Å². The number of amides is 2. The number of urea groups is 1. The van der Waals surface area contributed by atoms with Crippen molar-refractivity contribution in [1.82, 2.24) is 5.32 Å². The molecule has 2 rings (SSSR count). The Morgan fingerprint density at radius 2 is 2.13 bits per heavy atom. The molecule has 23 heavy (non-hydrogen) atoms. The van der Waals surface area contributed by atoms with Crippen LogP contribution in [0.25, 0.3) is 0 Å². The molecule has 5 heteroatoms. The molecule has 1 saturated carbocycles.